The van der Waals surface area contributed by atoms with E-state index in [2.05, 4.69) is 0 Å². The molecule has 0 fully saturated rings. The Bertz CT molecular complexity index is 459. The van der Waals surface area contributed by atoms with E-state index in [-0.39, 0.29) is 12.5 Å². The second-order valence-corrected chi connectivity index (χ2v) is 5.23. The first-order valence-electron chi connectivity index (χ1n) is 5.93. The first-order chi connectivity index (χ1) is 8.75. The molecule has 0 aromatic heterocycles. The van der Waals surface area contributed by atoms with Crippen molar-refractivity contribution in [3.63, 3.8) is 0 Å². The Morgan fingerprint density at radius 2 is 1.74 bits per heavy atom. The van der Waals surface area contributed by atoms with E-state index in [1.54, 1.807) is 52.1 Å². The zero-order valence-electron chi connectivity index (χ0n) is 11.6. The smallest absolute Gasteiger partial charge is 0.323 e. The number of aliphatic carboxylic acids is 1. The molecular formula is C14H19NO4. The third-order valence-corrected chi connectivity index (χ3v) is 2.56. The molecule has 0 aliphatic heterocycles. The molecule has 5 heteroatoms. The standard InChI is InChI=1S/C14H19NO4/c1-14(2,3)13(18)15(9-12(16)17)10-5-7-11(19-4)8-6-10/h5-8H,9H2,1-4H3,(H,16,17). The summed E-state index contributed by atoms with van der Waals surface area (Å²) in [5.74, 6) is -0.629. The van der Waals surface area contributed by atoms with Crippen molar-refractivity contribution >= 4 is 17.6 Å². The third-order valence-electron chi connectivity index (χ3n) is 2.56. The van der Waals surface area contributed by atoms with Crippen LogP contribution in [0.25, 0.3) is 0 Å². The molecule has 0 aliphatic rings. The lowest BCUT2D eigenvalue weighted by Crippen LogP contribution is -2.42. The average Bonchev–Trinajstić information content (AvgIpc) is 2.34. The van der Waals surface area contributed by atoms with Crippen LogP contribution >= 0.6 is 0 Å². The summed E-state index contributed by atoms with van der Waals surface area (Å²) in [5.41, 5.74) is -0.0989. The lowest BCUT2D eigenvalue weighted by Gasteiger charge is -2.28. The van der Waals surface area contributed by atoms with Crippen molar-refractivity contribution in [2.24, 2.45) is 5.41 Å². The van der Waals surface area contributed by atoms with Crippen molar-refractivity contribution < 1.29 is 19.4 Å². The molecule has 1 aromatic rings. The number of hydrogen-bond donors (Lipinski definition) is 1. The predicted octanol–water partition coefficient (Wildman–Crippen LogP) is 2.16. The summed E-state index contributed by atoms with van der Waals surface area (Å²) < 4.78 is 5.04. The van der Waals surface area contributed by atoms with Gasteiger partial charge in [0.15, 0.2) is 0 Å². The molecule has 0 aliphatic carbocycles. The minimum absolute atomic E-state index is 0.236. The van der Waals surface area contributed by atoms with Gasteiger partial charge in [-0.3, -0.25) is 9.59 Å². The fraction of sp³-hybridized carbons (Fsp3) is 0.429. The van der Waals surface area contributed by atoms with Gasteiger partial charge >= 0.3 is 5.97 Å². The summed E-state index contributed by atoms with van der Waals surface area (Å²) in [4.78, 5) is 24.5. The molecule has 19 heavy (non-hydrogen) atoms. The zero-order valence-corrected chi connectivity index (χ0v) is 11.6. The molecule has 1 N–H and O–H groups in total. The first-order valence-corrected chi connectivity index (χ1v) is 5.93. The van der Waals surface area contributed by atoms with E-state index in [1.807, 2.05) is 0 Å². The van der Waals surface area contributed by atoms with E-state index < -0.39 is 11.4 Å². The molecule has 1 amide bonds. The summed E-state index contributed by atoms with van der Waals surface area (Å²) in [6, 6.07) is 6.73. The lowest BCUT2D eigenvalue weighted by molar-refractivity contribution is -0.137. The number of carbonyl (C=O) groups excluding carboxylic acids is 1. The van der Waals surface area contributed by atoms with Gasteiger partial charge in [-0.2, -0.15) is 0 Å². The van der Waals surface area contributed by atoms with E-state index in [1.165, 1.54) is 4.90 Å². The minimum Gasteiger partial charge on any atom is -0.497 e. The fourth-order valence-corrected chi connectivity index (χ4v) is 1.58. The van der Waals surface area contributed by atoms with Gasteiger partial charge in [0.25, 0.3) is 0 Å². The second kappa shape index (κ2) is 5.73. The highest BCUT2D eigenvalue weighted by Gasteiger charge is 2.29. The van der Waals surface area contributed by atoms with Gasteiger partial charge in [0.2, 0.25) is 5.91 Å². The molecule has 0 saturated carbocycles. The van der Waals surface area contributed by atoms with Gasteiger partial charge in [0.05, 0.1) is 7.11 Å². The van der Waals surface area contributed by atoms with Crippen molar-refractivity contribution in [2.45, 2.75) is 20.8 Å². The van der Waals surface area contributed by atoms with Crippen molar-refractivity contribution in [3.05, 3.63) is 24.3 Å². The van der Waals surface area contributed by atoms with Crippen molar-refractivity contribution in [1.29, 1.82) is 0 Å². The number of benzene rings is 1. The molecule has 104 valence electrons. The first kappa shape index (κ1) is 15.0. The van der Waals surface area contributed by atoms with Gasteiger partial charge in [-0.1, -0.05) is 20.8 Å². The number of carboxylic acid groups (broad SMARTS) is 1. The van der Waals surface area contributed by atoms with Gasteiger partial charge in [-0.15, -0.1) is 0 Å². The monoisotopic (exact) mass is 265 g/mol. The average molecular weight is 265 g/mol. The fourth-order valence-electron chi connectivity index (χ4n) is 1.58. The maximum Gasteiger partial charge on any atom is 0.323 e. The maximum absolute atomic E-state index is 12.3. The van der Waals surface area contributed by atoms with E-state index >= 15 is 0 Å². The summed E-state index contributed by atoms with van der Waals surface area (Å²) in [7, 11) is 1.55. The molecular weight excluding hydrogens is 246 g/mol. The van der Waals surface area contributed by atoms with Crippen molar-refractivity contribution in [3.8, 4) is 5.75 Å². The van der Waals surface area contributed by atoms with Crippen molar-refractivity contribution in [1.82, 2.24) is 0 Å². The summed E-state index contributed by atoms with van der Waals surface area (Å²) in [5, 5.41) is 8.94. The highest BCUT2D eigenvalue weighted by atomic mass is 16.5. The SMILES string of the molecule is COc1ccc(N(CC(=O)O)C(=O)C(C)(C)C)cc1. The Labute approximate surface area is 112 Å². The van der Waals surface area contributed by atoms with Crippen molar-refractivity contribution in [2.75, 3.05) is 18.6 Å². The highest BCUT2D eigenvalue weighted by molar-refractivity contribution is 6.00. The molecule has 1 rings (SSSR count). The molecule has 0 radical (unpaired) electrons. The van der Waals surface area contributed by atoms with Gasteiger partial charge < -0.3 is 14.7 Å². The number of ether oxygens (including phenoxy) is 1. The molecule has 0 saturated heterocycles. The number of methoxy groups -OCH3 is 1. The number of anilines is 1. The normalized spacial score (nSPS) is 10.9. The van der Waals surface area contributed by atoms with Crippen LogP contribution in [-0.2, 0) is 9.59 Å². The molecule has 0 atom stereocenters. The number of nitrogens with zero attached hydrogens (tertiary/aromatic N) is 1. The molecule has 0 bridgehead atoms. The summed E-state index contributed by atoms with van der Waals surface area (Å²) in [6.45, 7) is 4.91. The van der Waals surface area contributed by atoms with Crippen LogP contribution in [0.4, 0.5) is 5.69 Å². The number of carboxylic acids is 1. The number of carbonyl (C=O) groups is 2. The van der Waals surface area contributed by atoms with E-state index in [0.29, 0.717) is 11.4 Å². The largest absolute Gasteiger partial charge is 0.497 e. The Kier molecular flexibility index (Phi) is 4.53. The van der Waals surface area contributed by atoms with Gasteiger partial charge in [0.1, 0.15) is 12.3 Å². The van der Waals surface area contributed by atoms with Crippen LogP contribution in [-0.4, -0.2) is 30.6 Å². The molecule has 0 unspecified atom stereocenters. The van der Waals surface area contributed by atoms with Crippen LogP contribution in [0.15, 0.2) is 24.3 Å². The van der Waals surface area contributed by atoms with Crippen LogP contribution in [0.3, 0.4) is 0 Å². The van der Waals surface area contributed by atoms with Gasteiger partial charge in [-0.05, 0) is 24.3 Å². The quantitative estimate of drug-likeness (QED) is 0.906. The summed E-state index contributed by atoms with van der Waals surface area (Å²) >= 11 is 0. The number of rotatable bonds is 4. The predicted molar refractivity (Wildman–Crippen MR) is 72.4 cm³/mol. The molecule has 0 heterocycles. The Hall–Kier alpha value is -2.04. The molecule has 0 spiro atoms. The Morgan fingerprint density at radius 3 is 2.11 bits per heavy atom. The maximum atomic E-state index is 12.3. The molecule has 1 aromatic carbocycles. The summed E-state index contributed by atoms with van der Waals surface area (Å²) in [6.07, 6.45) is 0. The van der Waals surface area contributed by atoms with Gasteiger partial charge in [-0.25, -0.2) is 0 Å². The van der Waals surface area contributed by atoms with E-state index in [9.17, 15) is 9.59 Å². The second-order valence-electron chi connectivity index (χ2n) is 5.23. The minimum atomic E-state index is -1.05. The molecule has 5 nitrogen and oxygen atoms in total. The van der Waals surface area contributed by atoms with Crippen LogP contribution < -0.4 is 9.64 Å². The van der Waals surface area contributed by atoms with E-state index in [0.717, 1.165) is 0 Å². The van der Waals surface area contributed by atoms with E-state index in [4.69, 9.17) is 9.84 Å². The van der Waals surface area contributed by atoms with Crippen LogP contribution in [0.2, 0.25) is 0 Å². The highest BCUT2D eigenvalue weighted by Crippen LogP contribution is 2.25. The topological polar surface area (TPSA) is 66.8 Å². The Balaban J connectivity index is 3.08. The van der Waals surface area contributed by atoms with Crippen LogP contribution in [0.1, 0.15) is 20.8 Å². The van der Waals surface area contributed by atoms with Crippen LogP contribution in [0.5, 0.6) is 5.75 Å². The zero-order chi connectivity index (χ0) is 14.6. The lowest BCUT2D eigenvalue weighted by atomic mass is 9.94. The van der Waals surface area contributed by atoms with Gasteiger partial charge in [0, 0.05) is 11.1 Å². The number of hydrogen-bond acceptors (Lipinski definition) is 3. The number of amides is 1. The third kappa shape index (κ3) is 3.98. The Morgan fingerprint density at radius 1 is 1.21 bits per heavy atom. The van der Waals surface area contributed by atoms with Crippen LogP contribution in [0, 0.1) is 5.41 Å².